The lowest BCUT2D eigenvalue weighted by Crippen LogP contribution is -2.33. The molecule has 8 heteroatoms. The highest BCUT2D eigenvalue weighted by atomic mass is 32.1. The van der Waals surface area contributed by atoms with Gasteiger partial charge in [0.25, 0.3) is 0 Å². The van der Waals surface area contributed by atoms with E-state index in [0.717, 1.165) is 11.4 Å². The first-order chi connectivity index (χ1) is 8.54. The van der Waals surface area contributed by atoms with E-state index < -0.39 is 5.97 Å². The summed E-state index contributed by atoms with van der Waals surface area (Å²) < 4.78 is 0. The average molecular weight is 270 g/mol. The normalized spacial score (nSPS) is 18.9. The average Bonchev–Trinajstić information content (AvgIpc) is 2.87. The highest BCUT2D eigenvalue weighted by Crippen LogP contribution is 2.21. The first kappa shape index (κ1) is 12.7. The van der Waals surface area contributed by atoms with Crippen molar-refractivity contribution in [2.45, 2.75) is 19.8 Å². The van der Waals surface area contributed by atoms with Crippen molar-refractivity contribution in [3.05, 3.63) is 5.01 Å². The SMILES string of the molecule is Cc1nnc(NC(=O)N2CCC(CC(=O)O)C2)s1. The van der Waals surface area contributed by atoms with Crippen LogP contribution < -0.4 is 5.32 Å². The largest absolute Gasteiger partial charge is 0.481 e. The molecule has 0 aromatic carbocycles. The number of amides is 2. The molecule has 0 radical (unpaired) electrons. The third-order valence-electron chi connectivity index (χ3n) is 2.78. The molecular formula is C10H14N4O3S. The molecule has 1 atom stereocenters. The number of carboxylic acid groups (broad SMARTS) is 1. The third kappa shape index (κ3) is 3.16. The lowest BCUT2D eigenvalue weighted by Gasteiger charge is -2.15. The van der Waals surface area contributed by atoms with Crippen molar-refractivity contribution in [1.82, 2.24) is 15.1 Å². The van der Waals surface area contributed by atoms with Crippen molar-refractivity contribution in [3.8, 4) is 0 Å². The fraction of sp³-hybridized carbons (Fsp3) is 0.600. The second-order valence-corrected chi connectivity index (χ2v) is 5.44. The Balaban J connectivity index is 1.85. The number of carboxylic acids is 1. The monoisotopic (exact) mass is 270 g/mol. The van der Waals surface area contributed by atoms with Gasteiger partial charge in [-0.25, -0.2) is 4.79 Å². The summed E-state index contributed by atoms with van der Waals surface area (Å²) >= 11 is 1.31. The number of likely N-dealkylation sites (tertiary alicyclic amines) is 1. The van der Waals surface area contributed by atoms with Gasteiger partial charge in [0.2, 0.25) is 5.13 Å². The van der Waals surface area contributed by atoms with Gasteiger partial charge in [-0.1, -0.05) is 11.3 Å². The van der Waals surface area contributed by atoms with Crippen LogP contribution in [0.25, 0.3) is 0 Å². The van der Waals surface area contributed by atoms with Gasteiger partial charge in [0.15, 0.2) is 0 Å². The van der Waals surface area contributed by atoms with E-state index in [0.29, 0.717) is 18.2 Å². The summed E-state index contributed by atoms with van der Waals surface area (Å²) in [6.45, 7) is 2.88. The van der Waals surface area contributed by atoms with E-state index in [4.69, 9.17) is 5.11 Å². The number of carbonyl (C=O) groups excluding carboxylic acids is 1. The molecule has 2 N–H and O–H groups in total. The minimum atomic E-state index is -0.818. The van der Waals surface area contributed by atoms with Gasteiger partial charge in [-0.2, -0.15) is 0 Å². The molecule has 1 aliphatic rings. The topological polar surface area (TPSA) is 95.4 Å². The molecule has 7 nitrogen and oxygen atoms in total. The molecule has 2 rings (SSSR count). The zero-order valence-electron chi connectivity index (χ0n) is 9.92. The Morgan fingerprint density at radius 3 is 2.94 bits per heavy atom. The number of anilines is 1. The van der Waals surface area contributed by atoms with Crippen molar-refractivity contribution in [1.29, 1.82) is 0 Å². The van der Waals surface area contributed by atoms with Gasteiger partial charge in [0, 0.05) is 19.5 Å². The minimum Gasteiger partial charge on any atom is -0.481 e. The number of nitrogens with zero attached hydrogens (tertiary/aromatic N) is 3. The van der Waals surface area contributed by atoms with Crippen LogP contribution in [0.15, 0.2) is 0 Å². The van der Waals surface area contributed by atoms with Crippen LogP contribution in [0.5, 0.6) is 0 Å². The standard InChI is InChI=1S/C10H14N4O3S/c1-6-12-13-9(18-6)11-10(17)14-3-2-7(5-14)4-8(15)16/h7H,2-5H2,1H3,(H,15,16)(H,11,13,17). The van der Waals surface area contributed by atoms with Crippen LogP contribution in [0.2, 0.25) is 0 Å². The molecule has 0 spiro atoms. The Bertz CT molecular complexity index is 462. The number of hydrogen-bond donors (Lipinski definition) is 2. The Morgan fingerprint density at radius 2 is 2.33 bits per heavy atom. The van der Waals surface area contributed by atoms with E-state index in [9.17, 15) is 9.59 Å². The van der Waals surface area contributed by atoms with Gasteiger partial charge >= 0.3 is 12.0 Å². The number of carbonyl (C=O) groups is 2. The Kier molecular flexibility index (Phi) is 3.75. The molecule has 1 aromatic rings. The van der Waals surface area contributed by atoms with Gasteiger partial charge in [0.05, 0.1) is 0 Å². The number of aromatic nitrogens is 2. The lowest BCUT2D eigenvalue weighted by atomic mass is 10.1. The van der Waals surface area contributed by atoms with E-state index >= 15 is 0 Å². The molecule has 1 saturated heterocycles. The Labute approximate surface area is 108 Å². The minimum absolute atomic E-state index is 0.0457. The number of nitrogens with one attached hydrogen (secondary N) is 1. The zero-order valence-corrected chi connectivity index (χ0v) is 10.7. The highest BCUT2D eigenvalue weighted by molar-refractivity contribution is 7.15. The molecule has 1 fully saturated rings. The van der Waals surface area contributed by atoms with E-state index in [1.54, 1.807) is 4.90 Å². The molecule has 2 amide bonds. The molecule has 1 unspecified atom stereocenters. The van der Waals surface area contributed by atoms with Crippen LogP contribution in [0.1, 0.15) is 17.8 Å². The molecule has 0 bridgehead atoms. The van der Waals surface area contributed by atoms with Crippen LogP contribution in [-0.4, -0.2) is 45.3 Å². The second-order valence-electron chi connectivity index (χ2n) is 4.25. The van der Waals surface area contributed by atoms with Crippen LogP contribution in [-0.2, 0) is 4.79 Å². The fourth-order valence-electron chi connectivity index (χ4n) is 1.95. The Hall–Kier alpha value is -1.70. The highest BCUT2D eigenvalue weighted by Gasteiger charge is 2.28. The van der Waals surface area contributed by atoms with Gasteiger partial charge in [0.1, 0.15) is 5.01 Å². The molecule has 18 heavy (non-hydrogen) atoms. The second kappa shape index (κ2) is 5.30. The van der Waals surface area contributed by atoms with Crippen molar-refractivity contribution >= 4 is 28.5 Å². The van der Waals surface area contributed by atoms with Crippen LogP contribution >= 0.6 is 11.3 Å². The van der Waals surface area contributed by atoms with Gasteiger partial charge < -0.3 is 10.0 Å². The Morgan fingerprint density at radius 1 is 1.56 bits per heavy atom. The summed E-state index contributed by atoms with van der Waals surface area (Å²) in [6.07, 6.45) is 0.844. The molecule has 1 aromatic heterocycles. The van der Waals surface area contributed by atoms with E-state index in [2.05, 4.69) is 15.5 Å². The van der Waals surface area contributed by atoms with Crippen molar-refractivity contribution in [3.63, 3.8) is 0 Å². The predicted molar refractivity (Wildman–Crippen MR) is 65.6 cm³/mol. The maximum Gasteiger partial charge on any atom is 0.323 e. The third-order valence-corrected chi connectivity index (χ3v) is 3.53. The predicted octanol–water partition coefficient (Wildman–Crippen LogP) is 1.18. The number of rotatable bonds is 3. The molecule has 0 saturated carbocycles. The van der Waals surface area contributed by atoms with E-state index in [1.807, 2.05) is 6.92 Å². The van der Waals surface area contributed by atoms with Crippen LogP contribution in [0.3, 0.4) is 0 Å². The summed E-state index contributed by atoms with van der Waals surface area (Å²) in [7, 11) is 0. The first-order valence-corrected chi connectivity index (χ1v) is 6.44. The maximum absolute atomic E-state index is 11.9. The lowest BCUT2D eigenvalue weighted by molar-refractivity contribution is -0.138. The summed E-state index contributed by atoms with van der Waals surface area (Å²) in [4.78, 5) is 24.1. The molecule has 2 heterocycles. The van der Waals surface area contributed by atoms with Crippen LogP contribution in [0.4, 0.5) is 9.93 Å². The van der Waals surface area contributed by atoms with E-state index in [1.165, 1.54) is 11.3 Å². The number of urea groups is 1. The number of aliphatic carboxylic acids is 1. The van der Waals surface area contributed by atoms with Gasteiger partial charge in [-0.15, -0.1) is 10.2 Å². The molecule has 1 aliphatic heterocycles. The smallest absolute Gasteiger partial charge is 0.323 e. The van der Waals surface area contributed by atoms with E-state index in [-0.39, 0.29) is 18.4 Å². The first-order valence-electron chi connectivity index (χ1n) is 5.62. The number of aryl methyl sites for hydroxylation is 1. The van der Waals surface area contributed by atoms with Crippen molar-refractivity contribution in [2.24, 2.45) is 5.92 Å². The number of hydrogen-bond acceptors (Lipinski definition) is 5. The fourth-order valence-corrected chi connectivity index (χ4v) is 2.53. The summed E-state index contributed by atoms with van der Waals surface area (Å²) in [5.74, 6) is -0.772. The summed E-state index contributed by atoms with van der Waals surface area (Å²) in [6, 6.07) is -0.237. The maximum atomic E-state index is 11.9. The van der Waals surface area contributed by atoms with Crippen LogP contribution in [0, 0.1) is 12.8 Å². The summed E-state index contributed by atoms with van der Waals surface area (Å²) in [5.41, 5.74) is 0. The zero-order chi connectivity index (χ0) is 13.1. The van der Waals surface area contributed by atoms with Crippen molar-refractivity contribution in [2.75, 3.05) is 18.4 Å². The molecule has 0 aliphatic carbocycles. The summed E-state index contributed by atoms with van der Waals surface area (Å²) in [5, 5.41) is 20.2. The molecule has 98 valence electrons. The quantitative estimate of drug-likeness (QED) is 0.859. The van der Waals surface area contributed by atoms with Gasteiger partial charge in [-0.3, -0.25) is 10.1 Å². The van der Waals surface area contributed by atoms with Gasteiger partial charge in [-0.05, 0) is 19.3 Å². The molecular weight excluding hydrogens is 256 g/mol. The van der Waals surface area contributed by atoms with Crippen molar-refractivity contribution < 1.29 is 14.7 Å².